The van der Waals surface area contributed by atoms with Crippen LogP contribution >= 0.6 is 11.6 Å². The van der Waals surface area contributed by atoms with E-state index in [1.54, 1.807) is 0 Å². The molecule has 1 atom stereocenters. The highest BCUT2D eigenvalue weighted by Crippen LogP contribution is 2.26. The SMILES string of the molecule is CCCOC1CCCN(c2ccccc2CCl)C1. The van der Waals surface area contributed by atoms with Gasteiger partial charge >= 0.3 is 0 Å². The Labute approximate surface area is 115 Å². The molecule has 1 unspecified atom stereocenters. The third-order valence-corrected chi connectivity index (χ3v) is 3.70. The molecule has 1 fully saturated rings. The van der Waals surface area contributed by atoms with Gasteiger partial charge in [0.1, 0.15) is 0 Å². The highest BCUT2D eigenvalue weighted by atomic mass is 35.5. The van der Waals surface area contributed by atoms with Crippen molar-refractivity contribution in [2.24, 2.45) is 0 Å². The number of halogens is 1. The molecule has 18 heavy (non-hydrogen) atoms. The average molecular weight is 268 g/mol. The Hall–Kier alpha value is -0.730. The van der Waals surface area contributed by atoms with Crippen LogP contribution in [0.15, 0.2) is 24.3 Å². The van der Waals surface area contributed by atoms with Gasteiger partial charge in [-0.15, -0.1) is 11.6 Å². The van der Waals surface area contributed by atoms with Gasteiger partial charge in [-0.1, -0.05) is 25.1 Å². The normalized spacial score (nSPS) is 20.1. The minimum absolute atomic E-state index is 0.377. The lowest BCUT2D eigenvalue weighted by molar-refractivity contribution is 0.0440. The van der Waals surface area contributed by atoms with Crippen molar-refractivity contribution in [3.05, 3.63) is 29.8 Å². The maximum Gasteiger partial charge on any atom is 0.0750 e. The van der Waals surface area contributed by atoms with E-state index in [2.05, 4.69) is 36.1 Å². The zero-order valence-electron chi connectivity index (χ0n) is 11.1. The van der Waals surface area contributed by atoms with Crippen LogP contribution in [0, 0.1) is 0 Å². The third kappa shape index (κ3) is 3.39. The quantitative estimate of drug-likeness (QED) is 0.752. The first-order chi connectivity index (χ1) is 8.85. The molecular formula is C15H22ClNO. The zero-order chi connectivity index (χ0) is 12.8. The molecule has 1 aromatic carbocycles. The lowest BCUT2D eigenvalue weighted by Gasteiger charge is -2.35. The van der Waals surface area contributed by atoms with Gasteiger partial charge in [0.15, 0.2) is 0 Å². The van der Waals surface area contributed by atoms with Crippen LogP contribution in [0.4, 0.5) is 5.69 Å². The first kappa shape index (κ1) is 13.7. The van der Waals surface area contributed by atoms with Crippen LogP contribution in [-0.2, 0) is 10.6 Å². The largest absolute Gasteiger partial charge is 0.376 e. The molecule has 100 valence electrons. The first-order valence-corrected chi connectivity index (χ1v) is 7.39. The first-order valence-electron chi connectivity index (χ1n) is 6.85. The molecule has 1 aliphatic rings. The summed E-state index contributed by atoms with van der Waals surface area (Å²) in [6.07, 6.45) is 3.85. The number of para-hydroxylation sites is 1. The molecule has 0 radical (unpaired) electrons. The summed E-state index contributed by atoms with van der Waals surface area (Å²) in [6.45, 7) is 5.13. The molecule has 2 rings (SSSR count). The van der Waals surface area contributed by atoms with Crippen molar-refractivity contribution in [1.82, 2.24) is 0 Å². The number of hydrogen-bond acceptors (Lipinski definition) is 2. The predicted molar refractivity (Wildman–Crippen MR) is 77.5 cm³/mol. The number of piperidine rings is 1. The zero-order valence-corrected chi connectivity index (χ0v) is 11.8. The molecule has 3 heteroatoms. The van der Waals surface area contributed by atoms with Gasteiger partial charge in [0.25, 0.3) is 0 Å². The molecular weight excluding hydrogens is 246 g/mol. The van der Waals surface area contributed by atoms with E-state index in [-0.39, 0.29) is 0 Å². The van der Waals surface area contributed by atoms with Crippen molar-refractivity contribution in [3.8, 4) is 0 Å². The van der Waals surface area contributed by atoms with E-state index in [4.69, 9.17) is 16.3 Å². The number of benzene rings is 1. The summed E-state index contributed by atoms with van der Waals surface area (Å²) < 4.78 is 5.88. The molecule has 0 spiro atoms. The predicted octanol–water partition coefficient (Wildman–Crippen LogP) is 3.82. The standard InChI is InChI=1S/C15H22ClNO/c1-2-10-18-14-7-5-9-17(12-14)15-8-4-3-6-13(15)11-16/h3-4,6,8,14H,2,5,7,9-12H2,1H3. The fraction of sp³-hybridized carbons (Fsp3) is 0.600. The number of anilines is 1. The summed E-state index contributed by atoms with van der Waals surface area (Å²) in [5.74, 6) is 0.577. The summed E-state index contributed by atoms with van der Waals surface area (Å²) in [6, 6.07) is 8.41. The molecule has 1 aliphatic heterocycles. The lowest BCUT2D eigenvalue weighted by Crippen LogP contribution is -2.40. The molecule has 2 nitrogen and oxygen atoms in total. The van der Waals surface area contributed by atoms with Gasteiger partial charge in [-0.3, -0.25) is 0 Å². The van der Waals surface area contributed by atoms with Gasteiger partial charge < -0.3 is 9.64 Å². The Bertz CT molecular complexity index is 369. The third-order valence-electron chi connectivity index (χ3n) is 3.41. The number of alkyl halides is 1. The van der Waals surface area contributed by atoms with Gasteiger partial charge in [0, 0.05) is 31.3 Å². The minimum Gasteiger partial charge on any atom is -0.376 e. The second kappa shape index (κ2) is 7.01. The summed E-state index contributed by atoms with van der Waals surface area (Å²) >= 11 is 6.01. The molecule has 1 saturated heterocycles. The van der Waals surface area contributed by atoms with E-state index in [0.717, 1.165) is 26.1 Å². The van der Waals surface area contributed by atoms with Gasteiger partial charge in [0.05, 0.1) is 6.10 Å². The molecule has 0 N–H and O–H groups in total. The second-order valence-corrected chi connectivity index (χ2v) is 5.11. The van der Waals surface area contributed by atoms with E-state index in [1.807, 2.05) is 0 Å². The van der Waals surface area contributed by atoms with Gasteiger partial charge in [-0.25, -0.2) is 0 Å². The highest BCUT2D eigenvalue weighted by Gasteiger charge is 2.21. The monoisotopic (exact) mass is 267 g/mol. The molecule has 0 saturated carbocycles. The molecule has 0 aliphatic carbocycles. The van der Waals surface area contributed by atoms with E-state index in [0.29, 0.717) is 12.0 Å². The van der Waals surface area contributed by atoms with E-state index >= 15 is 0 Å². The lowest BCUT2D eigenvalue weighted by atomic mass is 10.1. The molecule has 0 bridgehead atoms. The Morgan fingerprint density at radius 2 is 2.22 bits per heavy atom. The van der Waals surface area contributed by atoms with Gasteiger partial charge in [-0.2, -0.15) is 0 Å². The summed E-state index contributed by atoms with van der Waals surface area (Å²) in [7, 11) is 0. The highest BCUT2D eigenvalue weighted by molar-refractivity contribution is 6.17. The number of hydrogen-bond donors (Lipinski definition) is 0. The van der Waals surface area contributed by atoms with E-state index in [1.165, 1.54) is 24.1 Å². The van der Waals surface area contributed by atoms with Crippen molar-refractivity contribution < 1.29 is 4.74 Å². The van der Waals surface area contributed by atoms with Gasteiger partial charge in [-0.05, 0) is 30.9 Å². The molecule has 0 amide bonds. The Morgan fingerprint density at radius 1 is 1.39 bits per heavy atom. The van der Waals surface area contributed by atoms with Crippen LogP contribution in [0.3, 0.4) is 0 Å². The summed E-state index contributed by atoms with van der Waals surface area (Å²) in [4.78, 5) is 2.42. The Morgan fingerprint density at radius 3 is 3.00 bits per heavy atom. The van der Waals surface area contributed by atoms with Crippen molar-refractivity contribution >= 4 is 17.3 Å². The topological polar surface area (TPSA) is 12.5 Å². The van der Waals surface area contributed by atoms with E-state index < -0.39 is 0 Å². The summed E-state index contributed by atoms with van der Waals surface area (Å²) in [5, 5.41) is 0. The molecule has 1 aromatic rings. The van der Waals surface area contributed by atoms with Crippen molar-refractivity contribution in [2.75, 3.05) is 24.6 Å². The summed E-state index contributed by atoms with van der Waals surface area (Å²) in [5.41, 5.74) is 2.49. The Kier molecular flexibility index (Phi) is 5.33. The van der Waals surface area contributed by atoms with Crippen LogP contribution in [0.1, 0.15) is 31.7 Å². The van der Waals surface area contributed by atoms with Crippen molar-refractivity contribution in [2.45, 2.75) is 38.2 Å². The van der Waals surface area contributed by atoms with Crippen LogP contribution in [0.25, 0.3) is 0 Å². The van der Waals surface area contributed by atoms with Crippen LogP contribution < -0.4 is 4.90 Å². The van der Waals surface area contributed by atoms with Gasteiger partial charge in [0.2, 0.25) is 0 Å². The molecule has 1 heterocycles. The van der Waals surface area contributed by atoms with Crippen LogP contribution in [0.2, 0.25) is 0 Å². The van der Waals surface area contributed by atoms with Crippen molar-refractivity contribution in [3.63, 3.8) is 0 Å². The number of rotatable bonds is 5. The smallest absolute Gasteiger partial charge is 0.0750 e. The fourth-order valence-corrected chi connectivity index (χ4v) is 2.74. The van der Waals surface area contributed by atoms with Crippen LogP contribution in [-0.4, -0.2) is 25.8 Å². The van der Waals surface area contributed by atoms with Crippen molar-refractivity contribution in [1.29, 1.82) is 0 Å². The second-order valence-electron chi connectivity index (χ2n) is 4.84. The molecule has 0 aromatic heterocycles. The number of nitrogens with zero attached hydrogens (tertiary/aromatic N) is 1. The fourth-order valence-electron chi connectivity index (χ4n) is 2.51. The van der Waals surface area contributed by atoms with E-state index in [9.17, 15) is 0 Å². The number of ether oxygens (including phenoxy) is 1. The minimum atomic E-state index is 0.377. The maximum atomic E-state index is 6.01. The maximum absolute atomic E-state index is 6.01. The average Bonchev–Trinajstić information content (AvgIpc) is 2.45. The van der Waals surface area contributed by atoms with Crippen LogP contribution in [0.5, 0.6) is 0 Å². The Balaban J connectivity index is 2.03.